The fourth-order valence-electron chi connectivity index (χ4n) is 2.52. The summed E-state index contributed by atoms with van der Waals surface area (Å²) in [4.78, 5) is 0. The van der Waals surface area contributed by atoms with Crippen molar-refractivity contribution in [3.63, 3.8) is 0 Å². The summed E-state index contributed by atoms with van der Waals surface area (Å²) in [5.41, 5.74) is 3.30. The third-order valence-electron chi connectivity index (χ3n) is 3.61. The van der Waals surface area contributed by atoms with Crippen LogP contribution in [0.1, 0.15) is 24.8 Å². The van der Waals surface area contributed by atoms with Crippen LogP contribution in [0.25, 0.3) is 16.6 Å². The number of para-hydroxylation sites is 1. The zero-order valence-electron chi connectivity index (χ0n) is 12.1. The van der Waals surface area contributed by atoms with Gasteiger partial charge in [0, 0.05) is 17.7 Å². The van der Waals surface area contributed by atoms with Crippen molar-refractivity contribution in [2.24, 2.45) is 0 Å². The van der Waals surface area contributed by atoms with Gasteiger partial charge in [-0.1, -0.05) is 36.4 Å². The van der Waals surface area contributed by atoms with E-state index in [0.717, 1.165) is 41.3 Å². The topological polar surface area (TPSA) is 50.4 Å². The standard InChI is InChI=1S/C16H19N3OS/c1-12-11-15-17-18-16(21-10-6-2-5-9-20)19(15)14-8-4-3-7-13(12)14/h3-4,7-8,11,20H,2,5-6,9-10H2,1H3. The highest BCUT2D eigenvalue weighted by Crippen LogP contribution is 2.26. The van der Waals surface area contributed by atoms with Gasteiger partial charge in [0.2, 0.25) is 0 Å². The molecule has 0 spiro atoms. The molecule has 0 unspecified atom stereocenters. The number of benzene rings is 1. The average Bonchev–Trinajstić information content (AvgIpc) is 2.90. The molecule has 4 nitrogen and oxygen atoms in total. The maximum atomic E-state index is 8.80. The molecule has 0 saturated heterocycles. The number of hydrogen-bond acceptors (Lipinski definition) is 4. The lowest BCUT2D eigenvalue weighted by Gasteiger charge is -2.07. The predicted molar refractivity (Wildman–Crippen MR) is 86.9 cm³/mol. The van der Waals surface area contributed by atoms with Gasteiger partial charge in [-0.2, -0.15) is 0 Å². The minimum absolute atomic E-state index is 0.280. The summed E-state index contributed by atoms with van der Waals surface area (Å²) in [5, 5.41) is 19.6. The molecule has 0 radical (unpaired) electrons. The molecule has 0 saturated carbocycles. The number of aliphatic hydroxyl groups excluding tert-OH is 1. The second-order valence-electron chi connectivity index (χ2n) is 5.15. The Morgan fingerprint density at radius 3 is 2.86 bits per heavy atom. The van der Waals surface area contributed by atoms with E-state index in [1.807, 2.05) is 0 Å². The number of nitrogens with zero attached hydrogens (tertiary/aromatic N) is 3. The van der Waals surface area contributed by atoms with E-state index < -0.39 is 0 Å². The zero-order chi connectivity index (χ0) is 14.7. The molecular formula is C16H19N3OS. The van der Waals surface area contributed by atoms with Gasteiger partial charge in [0.25, 0.3) is 0 Å². The first kappa shape index (κ1) is 14.4. The van der Waals surface area contributed by atoms with Gasteiger partial charge in [0.1, 0.15) is 0 Å². The summed E-state index contributed by atoms with van der Waals surface area (Å²) in [6.07, 6.45) is 3.02. The highest BCUT2D eigenvalue weighted by atomic mass is 32.2. The second-order valence-corrected chi connectivity index (χ2v) is 6.22. The van der Waals surface area contributed by atoms with Crippen LogP contribution in [0.2, 0.25) is 0 Å². The number of thioether (sulfide) groups is 1. The summed E-state index contributed by atoms with van der Waals surface area (Å²) < 4.78 is 2.14. The van der Waals surface area contributed by atoms with Crippen LogP contribution in [0.4, 0.5) is 0 Å². The molecule has 0 aliphatic rings. The minimum Gasteiger partial charge on any atom is -0.396 e. The highest BCUT2D eigenvalue weighted by Gasteiger charge is 2.10. The SMILES string of the molecule is Cc1cc2nnc(SCCCCCO)n2c2ccccc12. The van der Waals surface area contributed by atoms with Crippen LogP contribution < -0.4 is 0 Å². The fraction of sp³-hybridized carbons (Fsp3) is 0.375. The van der Waals surface area contributed by atoms with Crippen molar-refractivity contribution in [3.05, 3.63) is 35.9 Å². The van der Waals surface area contributed by atoms with Crippen molar-refractivity contribution >= 4 is 28.3 Å². The van der Waals surface area contributed by atoms with Gasteiger partial charge in [-0.15, -0.1) is 10.2 Å². The van der Waals surface area contributed by atoms with Crippen LogP contribution in [0.3, 0.4) is 0 Å². The maximum Gasteiger partial charge on any atom is 0.196 e. The number of pyridine rings is 1. The van der Waals surface area contributed by atoms with Crippen molar-refractivity contribution in [3.8, 4) is 0 Å². The number of aromatic nitrogens is 3. The molecule has 0 fully saturated rings. The zero-order valence-corrected chi connectivity index (χ0v) is 12.9. The molecule has 0 bridgehead atoms. The van der Waals surface area contributed by atoms with Gasteiger partial charge < -0.3 is 5.11 Å². The van der Waals surface area contributed by atoms with Crippen molar-refractivity contribution < 1.29 is 5.11 Å². The molecule has 3 rings (SSSR count). The molecule has 0 aliphatic carbocycles. The molecule has 0 aliphatic heterocycles. The Kier molecular flexibility index (Phi) is 4.41. The van der Waals surface area contributed by atoms with Gasteiger partial charge >= 0.3 is 0 Å². The summed E-state index contributed by atoms with van der Waals surface area (Å²) in [6.45, 7) is 2.39. The normalized spacial score (nSPS) is 11.5. The smallest absolute Gasteiger partial charge is 0.196 e. The van der Waals surface area contributed by atoms with Gasteiger partial charge in [-0.05, 0) is 37.5 Å². The number of hydrogen-bond donors (Lipinski definition) is 1. The molecule has 2 heterocycles. The van der Waals surface area contributed by atoms with Crippen LogP contribution in [-0.2, 0) is 0 Å². The van der Waals surface area contributed by atoms with Gasteiger partial charge in [0.15, 0.2) is 10.8 Å². The van der Waals surface area contributed by atoms with E-state index in [1.165, 1.54) is 10.9 Å². The van der Waals surface area contributed by atoms with Crippen molar-refractivity contribution in [2.45, 2.75) is 31.3 Å². The number of unbranched alkanes of at least 4 members (excludes halogenated alkanes) is 2. The Balaban J connectivity index is 1.91. The van der Waals surface area contributed by atoms with Crippen LogP contribution in [0, 0.1) is 6.92 Å². The Labute approximate surface area is 128 Å². The Morgan fingerprint density at radius 2 is 2.00 bits per heavy atom. The quantitative estimate of drug-likeness (QED) is 0.559. The van der Waals surface area contributed by atoms with Crippen LogP contribution in [-0.4, -0.2) is 32.1 Å². The van der Waals surface area contributed by atoms with Gasteiger partial charge in [-0.3, -0.25) is 4.40 Å². The van der Waals surface area contributed by atoms with Crippen molar-refractivity contribution in [1.29, 1.82) is 0 Å². The number of aryl methyl sites for hydroxylation is 1. The first-order chi connectivity index (χ1) is 10.3. The average molecular weight is 301 g/mol. The third kappa shape index (κ3) is 2.89. The molecule has 0 atom stereocenters. The number of aliphatic hydroxyl groups is 1. The Morgan fingerprint density at radius 1 is 1.14 bits per heavy atom. The lowest BCUT2D eigenvalue weighted by Crippen LogP contribution is -1.94. The molecule has 1 aromatic carbocycles. The molecular weight excluding hydrogens is 282 g/mol. The Hall–Kier alpha value is -1.59. The van der Waals surface area contributed by atoms with Crippen LogP contribution in [0.15, 0.2) is 35.5 Å². The summed E-state index contributed by atoms with van der Waals surface area (Å²) in [5.74, 6) is 1.00. The van der Waals surface area contributed by atoms with E-state index >= 15 is 0 Å². The van der Waals surface area contributed by atoms with E-state index in [1.54, 1.807) is 11.8 Å². The van der Waals surface area contributed by atoms with Gasteiger partial charge in [0.05, 0.1) is 5.52 Å². The van der Waals surface area contributed by atoms with E-state index in [2.05, 4.69) is 51.9 Å². The first-order valence-corrected chi connectivity index (χ1v) is 8.27. The third-order valence-corrected chi connectivity index (χ3v) is 4.62. The molecule has 21 heavy (non-hydrogen) atoms. The number of fused-ring (bicyclic) bond motifs is 3. The molecule has 5 heteroatoms. The summed E-state index contributed by atoms with van der Waals surface area (Å²) in [6, 6.07) is 10.5. The Bertz CT molecular complexity index is 754. The molecule has 110 valence electrons. The van der Waals surface area contributed by atoms with Gasteiger partial charge in [-0.25, -0.2) is 0 Å². The molecule has 1 N–H and O–H groups in total. The maximum absolute atomic E-state index is 8.80. The lowest BCUT2D eigenvalue weighted by atomic mass is 10.1. The monoisotopic (exact) mass is 301 g/mol. The van der Waals surface area contributed by atoms with E-state index in [-0.39, 0.29) is 6.61 Å². The fourth-order valence-corrected chi connectivity index (χ4v) is 3.47. The summed E-state index contributed by atoms with van der Waals surface area (Å²) >= 11 is 1.74. The number of rotatable bonds is 6. The van der Waals surface area contributed by atoms with Crippen molar-refractivity contribution in [2.75, 3.05) is 12.4 Å². The van der Waals surface area contributed by atoms with Crippen LogP contribution >= 0.6 is 11.8 Å². The van der Waals surface area contributed by atoms with E-state index in [9.17, 15) is 0 Å². The lowest BCUT2D eigenvalue weighted by molar-refractivity contribution is 0.284. The largest absolute Gasteiger partial charge is 0.396 e. The second kappa shape index (κ2) is 6.45. The highest BCUT2D eigenvalue weighted by molar-refractivity contribution is 7.99. The summed E-state index contributed by atoms with van der Waals surface area (Å²) in [7, 11) is 0. The van der Waals surface area contributed by atoms with Crippen molar-refractivity contribution in [1.82, 2.24) is 14.6 Å². The molecule has 2 aromatic heterocycles. The first-order valence-electron chi connectivity index (χ1n) is 7.28. The van der Waals surface area contributed by atoms with Crippen LogP contribution in [0.5, 0.6) is 0 Å². The van der Waals surface area contributed by atoms with E-state index in [0.29, 0.717) is 0 Å². The van der Waals surface area contributed by atoms with E-state index in [4.69, 9.17) is 5.11 Å². The molecule has 0 amide bonds. The predicted octanol–water partition coefficient (Wildman–Crippen LogP) is 3.45. The molecule has 3 aromatic rings. The minimum atomic E-state index is 0.280.